The minimum atomic E-state index is -0.298. The molecule has 0 radical (unpaired) electrons. The van der Waals surface area contributed by atoms with Gasteiger partial charge in [0.25, 0.3) is 0 Å². The third-order valence-electron chi connectivity index (χ3n) is 13.5. The van der Waals surface area contributed by atoms with Crippen LogP contribution in [0.25, 0.3) is 27.8 Å². The van der Waals surface area contributed by atoms with E-state index in [9.17, 15) is 0 Å². The first kappa shape index (κ1) is 51.6. The van der Waals surface area contributed by atoms with Crippen LogP contribution in [0.1, 0.15) is 83.7 Å². The minimum Gasteiger partial charge on any atom is -0.314 e. The van der Waals surface area contributed by atoms with E-state index in [-0.39, 0.29) is 5.41 Å². The zero-order chi connectivity index (χ0) is 50.9. The molecule has 358 valence electrons. The Labute approximate surface area is 431 Å². The highest BCUT2D eigenvalue weighted by Gasteiger charge is 2.49. The van der Waals surface area contributed by atoms with Gasteiger partial charge in [-0.1, -0.05) is 250 Å². The van der Waals surface area contributed by atoms with E-state index in [1.54, 1.807) is 6.08 Å². The van der Waals surface area contributed by atoms with Crippen molar-refractivity contribution in [3.63, 3.8) is 0 Å². The van der Waals surface area contributed by atoms with Crippen molar-refractivity contribution in [1.29, 1.82) is 0 Å². The molecular weight excluding hydrogens is 867 g/mol. The highest BCUT2D eigenvalue weighted by atomic mass is 15.1. The molecule has 72 heavy (non-hydrogen) atoms. The second kappa shape index (κ2) is 25.0. The van der Waals surface area contributed by atoms with Crippen LogP contribution in [0.5, 0.6) is 0 Å². The Balaban J connectivity index is 0.000000207. The normalized spacial score (nSPS) is 14.9. The van der Waals surface area contributed by atoms with Crippen LogP contribution in [0.2, 0.25) is 0 Å². The summed E-state index contributed by atoms with van der Waals surface area (Å²) in [5.74, 6) is 0. The van der Waals surface area contributed by atoms with E-state index in [0.29, 0.717) is 0 Å². The van der Waals surface area contributed by atoms with Gasteiger partial charge in [0.05, 0.1) is 5.41 Å². The monoisotopic (exact) mass is 936 g/mol. The van der Waals surface area contributed by atoms with Gasteiger partial charge in [-0.3, -0.25) is 0 Å². The first-order chi connectivity index (χ1) is 35.4. The average Bonchev–Trinajstić information content (AvgIpc) is 3.66. The highest BCUT2D eigenvalue weighted by molar-refractivity contribution is 5.92. The van der Waals surface area contributed by atoms with Crippen molar-refractivity contribution in [1.82, 2.24) is 0 Å². The summed E-state index contributed by atoms with van der Waals surface area (Å²) in [5, 5.41) is 0. The Bertz CT molecular complexity index is 3150. The first-order valence-corrected chi connectivity index (χ1v) is 25.3. The molecular formula is C71H69N. The first-order valence-electron chi connectivity index (χ1n) is 25.3. The standard InChI is InChI=1S/C41H33N.C13H12.C13H14.C2H6.C2H4/c1-28-21-23-35-29(2)34-18-10-9-13-30(34)27-41(39(35)25-28)38-20-12-11-19-36(38)37-24-22-33(26-40(37)41)42(31-14-5-3-6-15-31)32-16-7-4-8-17-32;1-11-7-9-13(10-8-11)12-5-3-2-4-6-12;1-3-4-6-9-12(2)13-10-7-5-8-11-13;2*1-2/h3-21,23,25-26H,2,22,24,27H2,1H3;2-10H,1H3;3-11H,1H2,2H3;1-2H3;1-2H2/b;;6-4-,12-9-;;. The number of nitrogens with zero attached hydrogens (tertiary/aromatic N) is 1. The maximum Gasteiger partial charge on any atom is 0.0507 e. The minimum absolute atomic E-state index is 0.298. The zero-order valence-corrected chi connectivity index (χ0v) is 43.0. The fourth-order valence-corrected chi connectivity index (χ4v) is 10.2. The molecule has 1 spiro atoms. The van der Waals surface area contributed by atoms with Gasteiger partial charge in [0, 0.05) is 17.1 Å². The number of hydrogen-bond acceptors (Lipinski definition) is 1. The molecule has 8 aromatic rings. The maximum atomic E-state index is 4.68. The van der Waals surface area contributed by atoms with Crippen molar-refractivity contribution in [2.24, 2.45) is 0 Å². The Morgan fingerprint density at radius 2 is 1.06 bits per heavy atom. The number of allylic oxidation sites excluding steroid dienone is 9. The molecule has 0 saturated carbocycles. The van der Waals surface area contributed by atoms with E-state index in [1.807, 2.05) is 50.3 Å². The molecule has 11 rings (SSSR count). The molecule has 0 aliphatic heterocycles. The molecule has 0 bridgehead atoms. The molecule has 0 heterocycles. The van der Waals surface area contributed by atoms with Crippen LogP contribution in [0.15, 0.2) is 280 Å². The second-order valence-electron chi connectivity index (χ2n) is 17.9. The lowest BCUT2D eigenvalue weighted by atomic mass is 9.66. The van der Waals surface area contributed by atoms with Crippen molar-refractivity contribution in [2.75, 3.05) is 4.90 Å². The Morgan fingerprint density at radius 1 is 0.528 bits per heavy atom. The van der Waals surface area contributed by atoms with E-state index in [2.05, 4.69) is 252 Å². The van der Waals surface area contributed by atoms with Crippen molar-refractivity contribution in [2.45, 2.75) is 59.3 Å². The van der Waals surface area contributed by atoms with E-state index < -0.39 is 0 Å². The third kappa shape index (κ3) is 11.3. The maximum absolute atomic E-state index is 4.68. The molecule has 3 aliphatic carbocycles. The van der Waals surface area contributed by atoms with Gasteiger partial charge in [-0.2, -0.15) is 0 Å². The van der Waals surface area contributed by atoms with Crippen molar-refractivity contribution < 1.29 is 0 Å². The van der Waals surface area contributed by atoms with Crippen LogP contribution in [0.4, 0.5) is 11.4 Å². The Kier molecular flexibility index (Phi) is 17.9. The number of aryl methyl sites for hydroxylation is 2. The molecule has 1 heteroatoms. The predicted molar refractivity (Wildman–Crippen MR) is 315 cm³/mol. The molecule has 0 fully saturated rings. The van der Waals surface area contributed by atoms with E-state index in [1.165, 1.54) is 95.0 Å². The lowest BCUT2D eigenvalue weighted by Gasteiger charge is -2.37. The number of rotatable bonds is 7. The smallest absolute Gasteiger partial charge is 0.0507 e. The number of para-hydroxylation sites is 2. The van der Waals surface area contributed by atoms with Crippen LogP contribution < -0.4 is 4.90 Å². The Hall–Kier alpha value is -8.26. The van der Waals surface area contributed by atoms with Gasteiger partial charge >= 0.3 is 0 Å². The van der Waals surface area contributed by atoms with Crippen molar-refractivity contribution >= 4 is 28.1 Å². The summed E-state index contributed by atoms with van der Waals surface area (Å²) < 4.78 is 0. The summed E-state index contributed by atoms with van der Waals surface area (Å²) in [5.41, 5.74) is 23.3. The molecule has 0 aromatic heterocycles. The van der Waals surface area contributed by atoms with Crippen LogP contribution in [-0.4, -0.2) is 0 Å². The summed E-state index contributed by atoms with van der Waals surface area (Å²) in [6.07, 6.45) is 13.2. The number of benzene rings is 8. The summed E-state index contributed by atoms with van der Waals surface area (Å²) in [6, 6.07) is 76.1. The van der Waals surface area contributed by atoms with Crippen LogP contribution in [0, 0.1) is 13.8 Å². The zero-order valence-electron chi connectivity index (χ0n) is 43.0. The SMILES string of the molecule is C=C.C=C/C=C\C=C(\C)c1ccccc1.C=C1c2ccccc2CC2(C3=C(CCC(N(c4ccccc4)c4ccccc4)=C3)c3ccccc32)c2cc(C)ccc21.CC.Cc1ccc(-c2ccccc2)cc1. The largest absolute Gasteiger partial charge is 0.314 e. The van der Waals surface area contributed by atoms with E-state index in [0.717, 1.165) is 24.8 Å². The quantitative estimate of drug-likeness (QED) is 0.114. The topological polar surface area (TPSA) is 3.24 Å². The van der Waals surface area contributed by atoms with Gasteiger partial charge in [0.1, 0.15) is 0 Å². The van der Waals surface area contributed by atoms with Gasteiger partial charge in [0.2, 0.25) is 0 Å². The van der Waals surface area contributed by atoms with E-state index in [4.69, 9.17) is 0 Å². The van der Waals surface area contributed by atoms with Crippen molar-refractivity contribution in [3.8, 4) is 11.1 Å². The molecule has 1 atom stereocenters. The van der Waals surface area contributed by atoms with Gasteiger partial charge in [-0.25, -0.2) is 0 Å². The summed E-state index contributed by atoms with van der Waals surface area (Å²) in [6.45, 7) is 24.7. The highest BCUT2D eigenvalue weighted by Crippen LogP contribution is 2.59. The van der Waals surface area contributed by atoms with Crippen LogP contribution in [0.3, 0.4) is 0 Å². The number of anilines is 2. The second-order valence-corrected chi connectivity index (χ2v) is 17.9. The molecule has 0 N–H and O–H groups in total. The number of fused-ring (bicyclic) bond motifs is 7. The summed E-state index contributed by atoms with van der Waals surface area (Å²) in [7, 11) is 0. The Morgan fingerprint density at radius 3 is 1.68 bits per heavy atom. The van der Waals surface area contributed by atoms with Crippen molar-refractivity contribution in [3.05, 3.63) is 330 Å². The fraction of sp³-hybridized carbons (Fsp3) is 0.127. The number of hydrogen-bond donors (Lipinski definition) is 0. The predicted octanol–water partition coefficient (Wildman–Crippen LogP) is 19.5. The van der Waals surface area contributed by atoms with Crippen LogP contribution in [-0.2, 0) is 11.8 Å². The van der Waals surface area contributed by atoms with Gasteiger partial charge in [-0.05, 0) is 143 Å². The van der Waals surface area contributed by atoms with Gasteiger partial charge < -0.3 is 4.90 Å². The summed E-state index contributed by atoms with van der Waals surface area (Å²) >= 11 is 0. The molecule has 0 saturated heterocycles. The fourth-order valence-electron chi connectivity index (χ4n) is 10.2. The summed E-state index contributed by atoms with van der Waals surface area (Å²) in [4.78, 5) is 2.46. The average molecular weight is 936 g/mol. The molecule has 1 nitrogen and oxygen atoms in total. The lowest BCUT2D eigenvalue weighted by molar-refractivity contribution is 0.621. The lowest BCUT2D eigenvalue weighted by Crippen LogP contribution is -2.32. The van der Waals surface area contributed by atoms with E-state index >= 15 is 0 Å². The molecule has 1 unspecified atom stereocenters. The van der Waals surface area contributed by atoms with Crippen LogP contribution >= 0.6 is 0 Å². The third-order valence-corrected chi connectivity index (χ3v) is 13.5. The van der Waals surface area contributed by atoms with Gasteiger partial charge in [0.15, 0.2) is 0 Å². The molecule has 0 amide bonds. The molecule has 8 aromatic carbocycles. The molecule has 3 aliphatic rings. The van der Waals surface area contributed by atoms with Gasteiger partial charge in [-0.15, -0.1) is 13.2 Å².